The molecule has 120 valence electrons. The highest BCUT2D eigenvalue weighted by Crippen LogP contribution is 2.38. The number of carbonyl (C=O) groups is 2. The first-order valence-corrected chi connectivity index (χ1v) is 7.61. The predicted octanol–water partition coefficient (Wildman–Crippen LogP) is 1.01. The van der Waals surface area contributed by atoms with Crippen LogP contribution < -0.4 is 10.2 Å². The third-order valence-corrected chi connectivity index (χ3v) is 4.60. The number of benzene rings is 1. The van der Waals surface area contributed by atoms with Gasteiger partial charge in [-0.05, 0) is 18.6 Å². The summed E-state index contributed by atoms with van der Waals surface area (Å²) in [6, 6.07) is 3.15. The van der Waals surface area contributed by atoms with Gasteiger partial charge in [-0.1, -0.05) is 0 Å². The number of hydrogen-bond donors (Lipinski definition) is 3. The smallest absolute Gasteiger partial charge is 0.234 e. The minimum absolute atomic E-state index is 0.210. The quantitative estimate of drug-likeness (QED) is 0.722. The van der Waals surface area contributed by atoms with E-state index in [1.807, 2.05) is 4.90 Å². The Bertz CT molecular complexity index is 810. The summed E-state index contributed by atoms with van der Waals surface area (Å²) in [6.45, 7) is 0.927. The van der Waals surface area contributed by atoms with Gasteiger partial charge < -0.3 is 15.0 Å². The van der Waals surface area contributed by atoms with Crippen molar-refractivity contribution in [2.75, 3.05) is 18.0 Å². The zero-order valence-electron chi connectivity index (χ0n) is 12.3. The van der Waals surface area contributed by atoms with Gasteiger partial charge in [0.15, 0.2) is 0 Å². The van der Waals surface area contributed by atoms with E-state index in [2.05, 4.69) is 10.3 Å². The van der Waals surface area contributed by atoms with Crippen LogP contribution in [-0.4, -0.2) is 41.1 Å². The van der Waals surface area contributed by atoms with Gasteiger partial charge in [0, 0.05) is 36.7 Å². The molecule has 0 spiro atoms. The first-order chi connectivity index (χ1) is 11.0. The zero-order valence-corrected chi connectivity index (χ0v) is 12.3. The number of imide groups is 1. The summed E-state index contributed by atoms with van der Waals surface area (Å²) in [7, 11) is 0. The van der Waals surface area contributed by atoms with Crippen LogP contribution >= 0.6 is 0 Å². The van der Waals surface area contributed by atoms with E-state index in [9.17, 15) is 19.1 Å². The fourth-order valence-corrected chi connectivity index (χ4v) is 3.43. The summed E-state index contributed by atoms with van der Waals surface area (Å²) in [5.41, 5.74) is 1.76. The van der Waals surface area contributed by atoms with Crippen molar-refractivity contribution in [3.05, 3.63) is 29.7 Å². The molecule has 2 saturated heterocycles. The molecule has 2 amide bonds. The maximum absolute atomic E-state index is 14.8. The molecule has 3 heterocycles. The Morgan fingerprint density at radius 2 is 2.09 bits per heavy atom. The Balaban J connectivity index is 1.81. The molecule has 0 saturated carbocycles. The molecule has 2 aliphatic heterocycles. The van der Waals surface area contributed by atoms with Gasteiger partial charge in [-0.3, -0.25) is 14.9 Å². The zero-order chi connectivity index (χ0) is 16.1. The van der Waals surface area contributed by atoms with Gasteiger partial charge >= 0.3 is 0 Å². The van der Waals surface area contributed by atoms with Crippen LogP contribution in [0.2, 0.25) is 0 Å². The first kappa shape index (κ1) is 14.2. The second kappa shape index (κ2) is 5.06. The number of aliphatic hydroxyl groups is 1. The summed E-state index contributed by atoms with van der Waals surface area (Å²) in [6.07, 6.45) is 1.84. The van der Waals surface area contributed by atoms with Crippen molar-refractivity contribution < 1.29 is 19.1 Å². The molecular weight excluding hydrogens is 301 g/mol. The lowest BCUT2D eigenvalue weighted by Gasteiger charge is -2.38. The Morgan fingerprint density at radius 1 is 1.30 bits per heavy atom. The van der Waals surface area contributed by atoms with Crippen molar-refractivity contribution in [2.45, 2.75) is 24.9 Å². The van der Waals surface area contributed by atoms with Gasteiger partial charge in [-0.2, -0.15) is 0 Å². The largest absolute Gasteiger partial charge is 0.389 e. The number of anilines is 1. The molecule has 1 unspecified atom stereocenters. The molecule has 6 nitrogen and oxygen atoms in total. The molecule has 2 aliphatic rings. The number of carbonyl (C=O) groups excluding carboxylic acids is 2. The lowest BCUT2D eigenvalue weighted by molar-refractivity contribution is -0.134. The third kappa shape index (κ3) is 2.19. The van der Waals surface area contributed by atoms with Crippen LogP contribution in [0.3, 0.4) is 0 Å². The molecule has 0 bridgehead atoms. The highest BCUT2D eigenvalue weighted by atomic mass is 19.1. The number of halogens is 1. The molecule has 4 rings (SSSR count). The van der Waals surface area contributed by atoms with E-state index in [4.69, 9.17) is 0 Å². The highest BCUT2D eigenvalue weighted by molar-refractivity contribution is 6.04. The van der Waals surface area contributed by atoms with Crippen LogP contribution in [0.1, 0.15) is 24.3 Å². The van der Waals surface area contributed by atoms with Gasteiger partial charge in [-0.25, -0.2) is 4.39 Å². The molecule has 3 N–H and O–H groups in total. The van der Waals surface area contributed by atoms with E-state index in [0.717, 1.165) is 5.52 Å². The molecule has 0 radical (unpaired) electrons. The second-order valence-electron chi connectivity index (χ2n) is 6.12. The van der Waals surface area contributed by atoms with Crippen molar-refractivity contribution >= 4 is 28.4 Å². The monoisotopic (exact) mass is 317 g/mol. The van der Waals surface area contributed by atoms with Gasteiger partial charge in [0.05, 0.1) is 23.2 Å². The van der Waals surface area contributed by atoms with E-state index in [0.29, 0.717) is 36.1 Å². The number of rotatable bonds is 2. The Morgan fingerprint density at radius 3 is 2.78 bits per heavy atom. The first-order valence-electron chi connectivity index (χ1n) is 7.61. The van der Waals surface area contributed by atoms with Crippen molar-refractivity contribution in [3.8, 4) is 0 Å². The summed E-state index contributed by atoms with van der Waals surface area (Å²) in [5, 5.41) is 12.4. The van der Waals surface area contributed by atoms with Crippen molar-refractivity contribution in [3.63, 3.8) is 0 Å². The lowest BCUT2D eigenvalue weighted by Crippen LogP contribution is -2.51. The normalized spacial score (nSPS) is 22.3. The van der Waals surface area contributed by atoms with E-state index < -0.39 is 23.7 Å². The Labute approximate surface area is 131 Å². The highest BCUT2D eigenvalue weighted by Gasteiger charge is 2.34. The van der Waals surface area contributed by atoms with Gasteiger partial charge in [0.25, 0.3) is 0 Å². The molecule has 0 aliphatic carbocycles. The molecule has 2 aromatic rings. The SMILES string of the molecule is O=C1CCC(c2c(F)cc(N3CC(O)C3)c3[nH]ccc23)C(=O)N1. The third-order valence-electron chi connectivity index (χ3n) is 4.60. The summed E-state index contributed by atoms with van der Waals surface area (Å²) in [4.78, 5) is 28.4. The van der Waals surface area contributed by atoms with E-state index in [1.54, 1.807) is 12.3 Å². The van der Waals surface area contributed by atoms with Crippen molar-refractivity contribution in [1.82, 2.24) is 10.3 Å². The van der Waals surface area contributed by atoms with Crippen LogP contribution in [0.4, 0.5) is 10.1 Å². The topological polar surface area (TPSA) is 85.4 Å². The number of hydrogen-bond acceptors (Lipinski definition) is 4. The number of H-pyrrole nitrogens is 1. The molecule has 1 atom stereocenters. The van der Waals surface area contributed by atoms with E-state index >= 15 is 0 Å². The summed E-state index contributed by atoms with van der Waals surface area (Å²) in [5.74, 6) is -1.89. The number of aliphatic hydroxyl groups excluding tert-OH is 1. The number of fused-ring (bicyclic) bond motifs is 1. The number of β-amino-alcohol motifs (C(OH)–C–C–N with tert-alkyl or cyclic N) is 1. The summed E-state index contributed by atoms with van der Waals surface area (Å²) < 4.78 is 14.8. The minimum atomic E-state index is -0.665. The van der Waals surface area contributed by atoms with Gasteiger partial charge in [0.1, 0.15) is 5.82 Å². The van der Waals surface area contributed by atoms with Crippen molar-refractivity contribution in [2.24, 2.45) is 0 Å². The maximum Gasteiger partial charge on any atom is 0.234 e. The van der Waals surface area contributed by atoms with Crippen LogP contribution in [0.15, 0.2) is 18.3 Å². The average Bonchev–Trinajstić information content (AvgIpc) is 2.94. The maximum atomic E-state index is 14.8. The Hall–Kier alpha value is -2.41. The molecule has 7 heteroatoms. The average molecular weight is 317 g/mol. The van der Waals surface area contributed by atoms with Crippen LogP contribution in [0.25, 0.3) is 10.9 Å². The van der Waals surface area contributed by atoms with Crippen LogP contribution in [0, 0.1) is 5.82 Å². The van der Waals surface area contributed by atoms with E-state index in [1.165, 1.54) is 6.07 Å². The fourth-order valence-electron chi connectivity index (χ4n) is 3.43. The standard InChI is InChI=1S/C16H16FN3O3/c17-11-5-12(20-6-8(21)7-20)15-9(3-4-18-15)14(11)10-1-2-13(22)19-16(10)23/h3-5,8,10,18,21H,1-2,6-7H2,(H,19,22,23). The predicted molar refractivity (Wildman–Crippen MR) is 81.6 cm³/mol. The minimum Gasteiger partial charge on any atom is -0.389 e. The number of aromatic amines is 1. The van der Waals surface area contributed by atoms with Gasteiger partial charge in [0.2, 0.25) is 11.8 Å². The fraction of sp³-hybridized carbons (Fsp3) is 0.375. The van der Waals surface area contributed by atoms with Crippen LogP contribution in [0.5, 0.6) is 0 Å². The van der Waals surface area contributed by atoms with E-state index in [-0.39, 0.29) is 12.3 Å². The molecule has 1 aromatic carbocycles. The second-order valence-corrected chi connectivity index (χ2v) is 6.12. The number of amides is 2. The molecule has 2 fully saturated rings. The number of nitrogens with one attached hydrogen (secondary N) is 2. The Kier molecular flexibility index (Phi) is 3.12. The summed E-state index contributed by atoms with van der Waals surface area (Å²) >= 11 is 0. The number of piperidine rings is 1. The van der Waals surface area contributed by atoms with Crippen molar-refractivity contribution in [1.29, 1.82) is 0 Å². The molecule has 1 aromatic heterocycles. The molecule has 23 heavy (non-hydrogen) atoms. The molecular formula is C16H16FN3O3. The number of nitrogens with zero attached hydrogens (tertiary/aromatic N) is 1. The van der Waals surface area contributed by atoms with Crippen LogP contribution in [-0.2, 0) is 9.59 Å². The van der Waals surface area contributed by atoms with Gasteiger partial charge in [-0.15, -0.1) is 0 Å². The number of aromatic nitrogens is 1. The lowest BCUT2D eigenvalue weighted by atomic mass is 9.87.